The molecule has 0 bridgehead atoms. The van der Waals surface area contributed by atoms with Gasteiger partial charge in [0.05, 0.1) is 94.0 Å². The summed E-state index contributed by atoms with van der Waals surface area (Å²) < 4.78 is 121. The highest BCUT2D eigenvalue weighted by molar-refractivity contribution is 5.89. The molecule has 14 aliphatic rings. The van der Waals surface area contributed by atoms with Crippen molar-refractivity contribution in [3.63, 3.8) is 0 Å². The van der Waals surface area contributed by atoms with Crippen LogP contribution >= 0.6 is 0 Å². The number of carbonyl (C=O) groups is 3. The van der Waals surface area contributed by atoms with E-state index in [0.717, 1.165) is 0 Å². The average Bonchev–Trinajstić information content (AvgIpc) is 0.813. The lowest BCUT2D eigenvalue weighted by Crippen LogP contribution is -2.70. The van der Waals surface area contributed by atoms with Crippen molar-refractivity contribution < 1.29 is 242 Å². The number of fused-ring (bicyclic) bond motifs is 7. The third kappa shape index (κ3) is 23.3. The number of carbonyl (C=O) groups excluding carboxylic acids is 3. The molecule has 852 valence electrons. The van der Waals surface area contributed by atoms with Crippen LogP contribution in [-0.4, -0.2) is 485 Å². The van der Waals surface area contributed by atoms with Crippen LogP contribution in [-0.2, 0) is 109 Å². The number of aliphatic hydroxyl groups is 26. The lowest BCUT2D eigenvalue weighted by atomic mass is 9.33. The van der Waals surface area contributed by atoms with Gasteiger partial charge in [-0.3, -0.25) is 4.79 Å². The number of ether oxygens (including phenoxy) is 20. The molecule has 53 unspecified atom stereocenters. The molecule has 5 aliphatic carbocycles. The zero-order valence-corrected chi connectivity index (χ0v) is 85.6. The summed E-state index contributed by atoms with van der Waals surface area (Å²) >= 11 is 0. The van der Waals surface area contributed by atoms with E-state index in [4.69, 9.17) is 94.7 Å². The van der Waals surface area contributed by atoms with Gasteiger partial charge in [-0.05, 0) is 145 Å². The Morgan fingerprint density at radius 1 is 0.430 bits per heavy atom. The smallest absolute Gasteiger partial charge is 0.336 e. The topological polar surface area (TPSA) is 762 Å². The summed E-state index contributed by atoms with van der Waals surface area (Å²) in [5.74, 6) is -4.70. The van der Waals surface area contributed by atoms with Gasteiger partial charge in [0.2, 0.25) is 6.29 Å². The van der Waals surface area contributed by atoms with E-state index in [9.17, 15) is 138 Å². The number of rotatable bonds is 35. The minimum atomic E-state index is -2.30. The Morgan fingerprint density at radius 2 is 0.886 bits per heavy atom. The summed E-state index contributed by atoms with van der Waals surface area (Å²) in [7, 11) is 0. The highest BCUT2D eigenvalue weighted by Crippen LogP contribution is 2.76. The molecular formula is C100H158O49. The first-order valence-electron chi connectivity index (χ1n) is 51.3. The van der Waals surface area contributed by atoms with Gasteiger partial charge in [0.1, 0.15) is 182 Å². The maximum absolute atomic E-state index is 16.9. The van der Waals surface area contributed by atoms with E-state index in [2.05, 4.69) is 33.1 Å². The molecule has 0 amide bonds. The number of allylic oxidation sites excluding steroid dienone is 4. The zero-order chi connectivity index (χ0) is 109. The molecule has 9 saturated heterocycles. The van der Waals surface area contributed by atoms with Gasteiger partial charge >= 0.3 is 17.9 Å². The van der Waals surface area contributed by atoms with Crippen molar-refractivity contribution >= 4 is 17.9 Å². The second-order valence-corrected chi connectivity index (χ2v) is 45.3. The molecular weight excluding hydrogens is 1990 g/mol. The van der Waals surface area contributed by atoms with E-state index in [0.29, 0.717) is 37.7 Å². The summed E-state index contributed by atoms with van der Waals surface area (Å²) in [6.45, 7) is 23.6. The lowest BCUT2D eigenvalue weighted by Gasteiger charge is -2.72. The SMILES string of the molecule is C=CC(C)(CCC=C(C)C(=O)OC1C(C)OC(OC(C)(C=C)CCC=C(CO)C(=O)OC2CC3(C(=O)OC4OC(CO)C(O)C(O)C4OC4OC(C)C(OC5OC(CO)C(O)C5O)C(OC5OC(CO)C(O)C(O)C5O)C4O)C(O)CC4(C)C(=CCC5C6(C)CCC(OC7OC(COC8OCC(O)C(O)C8OC8OCC(O)C(O)C8O)C(O)C(O)C7O)C(C)(C)C6CCC54C)C3CC2(C)C)C(O)C1O)OC1OCC(O)C(O)C1O. The highest BCUT2D eigenvalue weighted by Gasteiger charge is 2.74. The Labute approximate surface area is 861 Å². The van der Waals surface area contributed by atoms with Crippen LogP contribution in [0, 0.1) is 50.2 Å². The molecule has 14 rings (SSSR count). The van der Waals surface area contributed by atoms with Crippen molar-refractivity contribution in [2.75, 3.05) is 52.9 Å². The molecule has 53 atom stereocenters. The average molecular weight is 2140 g/mol. The van der Waals surface area contributed by atoms with Gasteiger partial charge in [0.15, 0.2) is 62.5 Å². The van der Waals surface area contributed by atoms with Gasteiger partial charge < -0.3 is 228 Å². The predicted molar refractivity (Wildman–Crippen MR) is 499 cm³/mol. The molecule has 0 spiro atoms. The van der Waals surface area contributed by atoms with Gasteiger partial charge in [-0.1, -0.05) is 84.4 Å². The van der Waals surface area contributed by atoms with Crippen LogP contribution in [0.5, 0.6) is 0 Å². The van der Waals surface area contributed by atoms with Crippen LogP contribution in [0.25, 0.3) is 0 Å². The summed E-state index contributed by atoms with van der Waals surface area (Å²) in [5.41, 5.74) is -8.71. The van der Waals surface area contributed by atoms with E-state index in [-0.39, 0.29) is 68.1 Å². The number of hydrogen-bond donors (Lipinski definition) is 26. The molecule has 49 nitrogen and oxygen atoms in total. The van der Waals surface area contributed by atoms with Gasteiger partial charge in [-0.15, -0.1) is 13.2 Å². The van der Waals surface area contributed by atoms with E-state index in [1.807, 2.05) is 20.8 Å². The Hall–Kier alpha value is -4.61. The van der Waals surface area contributed by atoms with E-state index < -0.39 is 390 Å². The molecule has 0 aromatic carbocycles. The fourth-order valence-electron chi connectivity index (χ4n) is 25.2. The molecule has 9 aliphatic heterocycles. The van der Waals surface area contributed by atoms with Crippen molar-refractivity contribution in [1.82, 2.24) is 0 Å². The Kier molecular flexibility index (Phi) is 38.2. The molecule has 0 radical (unpaired) electrons. The van der Waals surface area contributed by atoms with Crippen LogP contribution in [0.1, 0.15) is 160 Å². The maximum Gasteiger partial charge on any atom is 0.336 e. The molecule has 0 aromatic rings. The standard InChI is InChI=1S/C100H158O49/c1-15-95(10,148-84-70(121)59(110)47(106)37-131-84)25-17-19-40(3)81(127)142-76-41(4)135-89(74(125)68(76)119)149-96(11,16-2)26-18-20-43(32-101)82(128)140-57-31-100(92(129)147-91-80(67(118)62(113)50(34-103)138-91)146-88-75(126)78(144-87-73(124)65(116)61(112)49(33-102)136-87)77(42(5)134-88)143-86-71(122)63(114)51(35-104)137-86)45(29-93(57,6)7)44-21-22-54-97(12)27-24-56(94(8,9)53(97)23-28-98(54,13)99(44,14)30-55(100)108)141-85-72(123)66(117)64(115)52(139-85)39-133-90-79(60(111)48(107)38-132-90)145-83-69(120)58(109)46(105)36-130-83/h15-16,19-21,41-42,45-80,83-91,101-126H,1-2,17-18,22-39H2,3-14H3. The molecule has 149 heavy (non-hydrogen) atoms. The molecule has 13 fully saturated rings. The largest absolute Gasteiger partial charge is 0.458 e. The van der Waals surface area contributed by atoms with Crippen LogP contribution in [0.2, 0.25) is 0 Å². The van der Waals surface area contributed by atoms with Gasteiger partial charge in [0, 0.05) is 17.4 Å². The summed E-state index contributed by atoms with van der Waals surface area (Å²) in [5, 5.41) is 290. The van der Waals surface area contributed by atoms with Crippen LogP contribution in [0.3, 0.4) is 0 Å². The van der Waals surface area contributed by atoms with Crippen LogP contribution in [0.15, 0.2) is 60.3 Å². The van der Waals surface area contributed by atoms with Crippen molar-refractivity contribution in [1.29, 1.82) is 0 Å². The fourth-order valence-corrected chi connectivity index (χ4v) is 25.2. The summed E-state index contributed by atoms with van der Waals surface area (Å²) in [6.07, 6.45) is -66.7. The number of esters is 3. The van der Waals surface area contributed by atoms with Crippen LogP contribution < -0.4 is 0 Å². The highest BCUT2D eigenvalue weighted by atomic mass is 16.8. The summed E-state index contributed by atoms with van der Waals surface area (Å²) in [4.78, 5) is 45.6. The Bertz CT molecular complexity index is 4590. The maximum atomic E-state index is 16.9. The first-order chi connectivity index (χ1) is 69.9. The number of aliphatic hydroxyl groups excluding tert-OH is 26. The minimum Gasteiger partial charge on any atom is -0.458 e. The third-order valence-electron chi connectivity index (χ3n) is 35.0. The summed E-state index contributed by atoms with van der Waals surface area (Å²) in [6, 6.07) is 0. The molecule has 49 heteroatoms. The molecule has 9 heterocycles. The minimum absolute atomic E-state index is 0.0573. The van der Waals surface area contributed by atoms with Gasteiger partial charge in [-0.25, -0.2) is 9.59 Å². The Morgan fingerprint density at radius 3 is 1.48 bits per heavy atom. The third-order valence-corrected chi connectivity index (χ3v) is 35.0. The fraction of sp³-hybridized carbons (Fsp3) is 0.870. The van der Waals surface area contributed by atoms with Gasteiger partial charge in [0.25, 0.3) is 0 Å². The Balaban J connectivity index is 0.716. The van der Waals surface area contributed by atoms with Crippen molar-refractivity contribution in [3.05, 3.63) is 60.3 Å². The normalized spacial score (nSPS) is 48.9. The first kappa shape index (κ1) is 120. The number of hydrogen-bond acceptors (Lipinski definition) is 49. The van der Waals surface area contributed by atoms with E-state index in [1.165, 1.54) is 45.1 Å². The molecule has 4 saturated carbocycles. The van der Waals surface area contributed by atoms with E-state index in [1.54, 1.807) is 27.7 Å². The second-order valence-electron chi connectivity index (χ2n) is 45.3. The predicted octanol–water partition coefficient (Wildman–Crippen LogP) is -6.96. The monoisotopic (exact) mass is 2140 g/mol. The lowest BCUT2D eigenvalue weighted by molar-refractivity contribution is -0.390. The van der Waals surface area contributed by atoms with Crippen molar-refractivity contribution in [3.8, 4) is 0 Å². The quantitative estimate of drug-likeness (QED) is 0.00922. The van der Waals surface area contributed by atoms with Gasteiger partial charge in [-0.2, -0.15) is 0 Å². The molecule has 0 aromatic heterocycles. The van der Waals surface area contributed by atoms with Crippen molar-refractivity contribution in [2.24, 2.45) is 50.2 Å². The van der Waals surface area contributed by atoms with Crippen LogP contribution in [0.4, 0.5) is 0 Å². The second kappa shape index (κ2) is 47.5. The zero-order valence-electron chi connectivity index (χ0n) is 85.6. The van der Waals surface area contributed by atoms with Crippen molar-refractivity contribution in [2.45, 2.75) is 442 Å². The van der Waals surface area contributed by atoms with E-state index >= 15 is 9.59 Å². The molecule has 26 N–H and O–H groups in total. The first-order valence-corrected chi connectivity index (χ1v) is 51.3.